The fraction of sp³-hybridized carbons (Fsp3) is 0.0556. The van der Waals surface area contributed by atoms with E-state index in [1.165, 1.54) is 17.9 Å². The van der Waals surface area contributed by atoms with Gasteiger partial charge in [-0.25, -0.2) is 8.78 Å². The molecule has 0 atom stereocenters. The van der Waals surface area contributed by atoms with Gasteiger partial charge in [0.15, 0.2) is 17.4 Å². The van der Waals surface area contributed by atoms with Crippen LogP contribution in [0.25, 0.3) is 5.69 Å². The molecule has 3 aromatic rings. The minimum Gasteiger partial charge on any atom is -0.503 e. The van der Waals surface area contributed by atoms with Gasteiger partial charge in [-0.3, -0.25) is 4.79 Å². The van der Waals surface area contributed by atoms with Gasteiger partial charge in [-0.1, -0.05) is 0 Å². The lowest BCUT2D eigenvalue weighted by molar-refractivity contribution is 0.103. The van der Waals surface area contributed by atoms with E-state index >= 15 is 0 Å². The number of ketones is 1. The lowest BCUT2D eigenvalue weighted by Crippen LogP contribution is -2.09. The molecule has 0 saturated carbocycles. The molecule has 24 heavy (non-hydrogen) atoms. The Bertz CT molecular complexity index is 878. The van der Waals surface area contributed by atoms with Crippen molar-refractivity contribution in [3.63, 3.8) is 0 Å². The maximum Gasteiger partial charge on any atom is 0.209 e. The second kappa shape index (κ2) is 6.16. The van der Waals surface area contributed by atoms with Gasteiger partial charge in [0.2, 0.25) is 5.78 Å². The number of phenolic OH excluding ortho intramolecular Hbond substituents is 1. The summed E-state index contributed by atoms with van der Waals surface area (Å²) in [5.74, 6) is -2.93. The van der Waals surface area contributed by atoms with E-state index in [4.69, 9.17) is 4.74 Å². The third-order valence-electron chi connectivity index (χ3n) is 3.61. The Hall–Kier alpha value is -3.15. The van der Waals surface area contributed by atoms with Gasteiger partial charge in [-0.05, 0) is 36.4 Å². The molecular formula is C18H13F2NO3. The highest BCUT2D eigenvalue weighted by atomic mass is 19.1. The number of aromatic hydroxyl groups is 1. The highest BCUT2D eigenvalue weighted by Crippen LogP contribution is 2.25. The van der Waals surface area contributed by atoms with Gasteiger partial charge in [-0.15, -0.1) is 0 Å². The second-order valence-corrected chi connectivity index (χ2v) is 5.08. The summed E-state index contributed by atoms with van der Waals surface area (Å²) in [6, 6.07) is 11.6. The van der Waals surface area contributed by atoms with Crippen molar-refractivity contribution in [2.45, 2.75) is 0 Å². The number of hydrogen-bond donors (Lipinski definition) is 1. The lowest BCUT2D eigenvalue weighted by atomic mass is 10.1. The van der Waals surface area contributed by atoms with Crippen molar-refractivity contribution in [2.24, 2.45) is 0 Å². The van der Waals surface area contributed by atoms with Crippen molar-refractivity contribution in [1.29, 1.82) is 0 Å². The van der Waals surface area contributed by atoms with Crippen molar-refractivity contribution in [1.82, 2.24) is 4.57 Å². The zero-order valence-corrected chi connectivity index (χ0v) is 12.7. The Labute approximate surface area is 136 Å². The summed E-state index contributed by atoms with van der Waals surface area (Å²) in [6.45, 7) is 0. The average Bonchev–Trinajstić information content (AvgIpc) is 3.08. The molecule has 3 rings (SSSR count). The van der Waals surface area contributed by atoms with Gasteiger partial charge < -0.3 is 14.4 Å². The molecule has 0 saturated heterocycles. The second-order valence-electron chi connectivity index (χ2n) is 5.08. The standard InChI is InChI=1S/C18H13F2NO3/c1-24-13-6-4-11(5-7-13)17(22)16-3-2-8-21(16)12-9-14(19)18(23)15(20)10-12/h2-10,23H,1H3. The van der Waals surface area contributed by atoms with Gasteiger partial charge >= 0.3 is 0 Å². The van der Waals surface area contributed by atoms with E-state index in [0.717, 1.165) is 12.1 Å². The molecule has 0 spiro atoms. The average molecular weight is 329 g/mol. The molecule has 1 heterocycles. The smallest absolute Gasteiger partial charge is 0.209 e. The molecule has 0 fully saturated rings. The maximum absolute atomic E-state index is 13.6. The Balaban J connectivity index is 2.02. The fourth-order valence-electron chi connectivity index (χ4n) is 2.37. The van der Waals surface area contributed by atoms with E-state index in [2.05, 4.69) is 0 Å². The van der Waals surface area contributed by atoms with Crippen LogP contribution in [0.15, 0.2) is 54.7 Å². The van der Waals surface area contributed by atoms with Crippen molar-refractivity contribution in [3.05, 3.63) is 77.6 Å². The van der Waals surface area contributed by atoms with E-state index in [-0.39, 0.29) is 17.2 Å². The van der Waals surface area contributed by atoms with E-state index in [1.807, 2.05) is 0 Å². The van der Waals surface area contributed by atoms with E-state index in [9.17, 15) is 18.7 Å². The molecule has 122 valence electrons. The minimum atomic E-state index is -1.10. The number of nitrogens with zero attached hydrogens (tertiary/aromatic N) is 1. The van der Waals surface area contributed by atoms with Crippen LogP contribution in [0.5, 0.6) is 11.5 Å². The summed E-state index contributed by atoms with van der Waals surface area (Å²) in [4.78, 5) is 12.6. The first-order chi connectivity index (χ1) is 11.5. The number of hydrogen-bond acceptors (Lipinski definition) is 3. The number of ether oxygens (including phenoxy) is 1. The van der Waals surface area contributed by atoms with Crippen molar-refractivity contribution in [2.75, 3.05) is 7.11 Å². The monoisotopic (exact) mass is 329 g/mol. The third-order valence-corrected chi connectivity index (χ3v) is 3.61. The predicted molar refractivity (Wildman–Crippen MR) is 83.8 cm³/mol. The van der Waals surface area contributed by atoms with Crippen LogP contribution in [0, 0.1) is 11.6 Å². The SMILES string of the molecule is COc1ccc(C(=O)c2cccn2-c2cc(F)c(O)c(F)c2)cc1. The first-order valence-electron chi connectivity index (χ1n) is 7.05. The number of carbonyl (C=O) groups excluding carboxylic acids is 1. The number of benzene rings is 2. The van der Waals surface area contributed by atoms with Crippen molar-refractivity contribution < 1.29 is 23.4 Å². The summed E-state index contributed by atoms with van der Waals surface area (Å²) >= 11 is 0. The molecule has 1 aromatic heterocycles. The highest BCUT2D eigenvalue weighted by Gasteiger charge is 2.17. The zero-order chi connectivity index (χ0) is 17.3. The number of aromatic nitrogens is 1. The first kappa shape index (κ1) is 15.7. The summed E-state index contributed by atoms with van der Waals surface area (Å²) in [6.07, 6.45) is 1.52. The molecule has 0 unspecified atom stereocenters. The maximum atomic E-state index is 13.6. The van der Waals surface area contributed by atoms with Gasteiger partial charge in [0.05, 0.1) is 18.5 Å². The van der Waals surface area contributed by atoms with E-state index in [1.54, 1.807) is 36.4 Å². The number of phenols is 1. The molecule has 0 bridgehead atoms. The summed E-state index contributed by atoms with van der Waals surface area (Å²) < 4.78 is 33.5. The van der Waals surface area contributed by atoms with Gasteiger partial charge in [-0.2, -0.15) is 0 Å². The number of carbonyl (C=O) groups is 1. The van der Waals surface area contributed by atoms with Crippen LogP contribution >= 0.6 is 0 Å². The molecule has 1 N–H and O–H groups in total. The molecule has 4 nitrogen and oxygen atoms in total. The van der Waals surface area contributed by atoms with Crippen molar-refractivity contribution in [3.8, 4) is 17.2 Å². The molecule has 0 aliphatic heterocycles. The fourth-order valence-corrected chi connectivity index (χ4v) is 2.37. The highest BCUT2D eigenvalue weighted by molar-refractivity contribution is 6.08. The zero-order valence-electron chi connectivity index (χ0n) is 12.7. The Kier molecular flexibility index (Phi) is 4.04. The number of rotatable bonds is 4. The Morgan fingerprint density at radius 1 is 1.08 bits per heavy atom. The van der Waals surface area contributed by atoms with Crippen LogP contribution in [0.2, 0.25) is 0 Å². The largest absolute Gasteiger partial charge is 0.503 e. The van der Waals surface area contributed by atoms with Gasteiger partial charge in [0.1, 0.15) is 5.75 Å². The lowest BCUT2D eigenvalue weighted by Gasteiger charge is -2.10. The van der Waals surface area contributed by atoms with Crippen LogP contribution in [-0.2, 0) is 0 Å². The van der Waals surface area contributed by atoms with Crippen LogP contribution in [0.4, 0.5) is 8.78 Å². The molecule has 2 aromatic carbocycles. The van der Waals surface area contributed by atoms with Gasteiger partial charge in [0.25, 0.3) is 0 Å². The molecule has 6 heteroatoms. The number of methoxy groups -OCH3 is 1. The summed E-state index contributed by atoms with van der Waals surface area (Å²) in [5, 5.41) is 9.20. The van der Waals surface area contributed by atoms with Gasteiger partial charge in [0, 0.05) is 23.9 Å². The molecule has 0 amide bonds. The first-order valence-corrected chi connectivity index (χ1v) is 7.05. The quantitative estimate of drug-likeness (QED) is 0.743. The van der Waals surface area contributed by atoms with Crippen molar-refractivity contribution >= 4 is 5.78 Å². The summed E-state index contributed by atoms with van der Waals surface area (Å²) in [5.41, 5.74) is 0.754. The van der Waals surface area contributed by atoms with Crippen LogP contribution in [0.1, 0.15) is 16.1 Å². The third kappa shape index (κ3) is 2.74. The normalized spacial score (nSPS) is 10.6. The van der Waals surface area contributed by atoms with Crippen LogP contribution < -0.4 is 4.74 Å². The van der Waals surface area contributed by atoms with E-state index < -0.39 is 17.4 Å². The molecule has 0 radical (unpaired) electrons. The summed E-state index contributed by atoms with van der Waals surface area (Å²) in [7, 11) is 1.52. The molecular weight excluding hydrogens is 316 g/mol. The Morgan fingerprint density at radius 2 is 1.71 bits per heavy atom. The topological polar surface area (TPSA) is 51.5 Å². The Morgan fingerprint density at radius 3 is 2.29 bits per heavy atom. The minimum absolute atomic E-state index is 0.102. The van der Waals surface area contributed by atoms with Crippen LogP contribution in [0.3, 0.4) is 0 Å². The molecule has 0 aliphatic rings. The number of halogens is 2. The van der Waals surface area contributed by atoms with E-state index in [0.29, 0.717) is 11.3 Å². The molecule has 0 aliphatic carbocycles. The predicted octanol–water partition coefficient (Wildman–Crippen LogP) is 3.70. The van der Waals surface area contributed by atoms with Crippen LogP contribution in [-0.4, -0.2) is 22.6 Å².